The molecular formula is C16H19N3O4S. The summed E-state index contributed by atoms with van der Waals surface area (Å²) in [6.45, 7) is 0.655. The number of thiazole rings is 1. The van der Waals surface area contributed by atoms with Crippen molar-refractivity contribution in [3.63, 3.8) is 0 Å². The first-order valence-corrected chi connectivity index (χ1v) is 8.33. The van der Waals surface area contributed by atoms with E-state index in [0.29, 0.717) is 24.4 Å². The van der Waals surface area contributed by atoms with E-state index in [2.05, 4.69) is 10.3 Å². The van der Waals surface area contributed by atoms with Gasteiger partial charge in [0.1, 0.15) is 11.6 Å². The van der Waals surface area contributed by atoms with Crippen LogP contribution in [0, 0.1) is 0 Å². The Hall–Kier alpha value is -2.45. The number of benzene rings is 1. The molecule has 128 valence electrons. The van der Waals surface area contributed by atoms with Gasteiger partial charge in [-0.2, -0.15) is 0 Å². The second-order valence-electron chi connectivity index (χ2n) is 5.11. The fraction of sp³-hybridized carbons (Fsp3) is 0.312. The van der Waals surface area contributed by atoms with Crippen LogP contribution in [-0.2, 0) is 11.3 Å². The van der Waals surface area contributed by atoms with Crippen molar-refractivity contribution in [1.29, 1.82) is 0 Å². The lowest BCUT2D eigenvalue weighted by molar-refractivity contribution is 0.0691. The summed E-state index contributed by atoms with van der Waals surface area (Å²) in [5.74, 6) is -1.06. The van der Waals surface area contributed by atoms with Gasteiger partial charge in [0, 0.05) is 11.9 Å². The van der Waals surface area contributed by atoms with Crippen LogP contribution in [0.5, 0.6) is 0 Å². The molecule has 1 heterocycles. The number of rotatable bonds is 8. The van der Waals surface area contributed by atoms with Crippen LogP contribution in [0.1, 0.15) is 39.9 Å². The van der Waals surface area contributed by atoms with Gasteiger partial charge in [0.25, 0.3) is 0 Å². The fourth-order valence-electron chi connectivity index (χ4n) is 1.97. The van der Waals surface area contributed by atoms with Crippen molar-refractivity contribution < 1.29 is 19.4 Å². The van der Waals surface area contributed by atoms with Gasteiger partial charge in [0.15, 0.2) is 5.69 Å². The van der Waals surface area contributed by atoms with Crippen molar-refractivity contribution in [3.05, 3.63) is 52.0 Å². The molecule has 0 bridgehead atoms. The molecule has 1 atom stereocenters. The summed E-state index contributed by atoms with van der Waals surface area (Å²) in [7, 11) is 0. The third-order valence-electron chi connectivity index (χ3n) is 3.23. The maximum atomic E-state index is 11.6. The minimum atomic E-state index is -1.06. The summed E-state index contributed by atoms with van der Waals surface area (Å²) < 4.78 is 5.09. The summed E-state index contributed by atoms with van der Waals surface area (Å²) in [5, 5.41) is 13.5. The summed E-state index contributed by atoms with van der Waals surface area (Å²) in [6, 6.07) is 9.08. The Labute approximate surface area is 143 Å². The van der Waals surface area contributed by atoms with Gasteiger partial charge in [-0.05, 0) is 18.4 Å². The van der Waals surface area contributed by atoms with Crippen molar-refractivity contribution in [2.45, 2.75) is 25.5 Å². The van der Waals surface area contributed by atoms with Crippen molar-refractivity contribution >= 4 is 23.4 Å². The molecule has 1 aromatic carbocycles. The van der Waals surface area contributed by atoms with Gasteiger partial charge in [-0.3, -0.25) is 0 Å². The molecule has 0 saturated carbocycles. The van der Waals surface area contributed by atoms with Gasteiger partial charge in [-0.1, -0.05) is 30.3 Å². The van der Waals surface area contributed by atoms with Gasteiger partial charge >= 0.3 is 12.1 Å². The highest BCUT2D eigenvalue weighted by Gasteiger charge is 2.14. The highest BCUT2D eigenvalue weighted by molar-refractivity contribution is 7.09. The average molecular weight is 349 g/mol. The number of amides is 1. The second kappa shape index (κ2) is 8.99. The van der Waals surface area contributed by atoms with Crippen LogP contribution in [0.25, 0.3) is 0 Å². The van der Waals surface area contributed by atoms with Crippen LogP contribution in [-0.4, -0.2) is 28.7 Å². The quantitative estimate of drug-likeness (QED) is 0.631. The summed E-state index contributed by atoms with van der Waals surface area (Å²) in [4.78, 5) is 26.3. The van der Waals surface area contributed by atoms with Crippen molar-refractivity contribution in [2.24, 2.45) is 5.73 Å². The number of nitrogens with one attached hydrogen (secondary N) is 1. The first kappa shape index (κ1) is 17.9. The van der Waals surface area contributed by atoms with Gasteiger partial charge in [-0.15, -0.1) is 11.3 Å². The van der Waals surface area contributed by atoms with Crippen LogP contribution < -0.4 is 11.1 Å². The van der Waals surface area contributed by atoms with Crippen molar-refractivity contribution in [2.75, 3.05) is 6.54 Å². The molecule has 1 aromatic heterocycles. The van der Waals surface area contributed by atoms with Gasteiger partial charge < -0.3 is 20.9 Å². The van der Waals surface area contributed by atoms with Gasteiger partial charge in [-0.25, -0.2) is 14.6 Å². The number of aromatic nitrogens is 1. The number of nitrogens with two attached hydrogens (primary N) is 1. The fourth-order valence-corrected chi connectivity index (χ4v) is 2.80. The molecule has 1 amide bonds. The third kappa shape index (κ3) is 5.64. The number of hydrogen-bond acceptors (Lipinski definition) is 6. The SMILES string of the molecule is N[C@@H](CCCNC(=O)OCc1ccccc1)c1nc(C(=O)O)cs1. The van der Waals surface area contributed by atoms with E-state index >= 15 is 0 Å². The lowest BCUT2D eigenvalue weighted by atomic mass is 10.2. The molecule has 2 aromatic rings. The van der Waals surface area contributed by atoms with Crippen LogP contribution in [0.4, 0.5) is 4.79 Å². The molecule has 0 saturated heterocycles. The lowest BCUT2D eigenvalue weighted by Gasteiger charge is -2.09. The smallest absolute Gasteiger partial charge is 0.407 e. The number of carboxylic acid groups (broad SMARTS) is 1. The zero-order valence-corrected chi connectivity index (χ0v) is 13.8. The number of hydrogen-bond donors (Lipinski definition) is 3. The Morgan fingerprint density at radius 2 is 2.08 bits per heavy atom. The standard InChI is InChI=1S/C16H19N3O4S/c17-12(14-19-13(10-24-14)15(20)21)7-4-8-18-16(22)23-9-11-5-2-1-3-6-11/h1-3,5-6,10,12H,4,7-9,17H2,(H,18,22)(H,20,21)/t12-/m0/s1. The van der Waals surface area contributed by atoms with Crippen molar-refractivity contribution in [3.8, 4) is 0 Å². The van der Waals surface area contributed by atoms with E-state index in [1.807, 2.05) is 30.3 Å². The molecule has 0 aliphatic carbocycles. The Balaban J connectivity index is 1.63. The highest BCUT2D eigenvalue weighted by atomic mass is 32.1. The van der Waals surface area contributed by atoms with Gasteiger partial charge in [0.2, 0.25) is 0 Å². The predicted octanol–water partition coefficient (Wildman–Crippen LogP) is 2.55. The maximum absolute atomic E-state index is 11.6. The second-order valence-corrected chi connectivity index (χ2v) is 6.00. The summed E-state index contributed by atoms with van der Waals surface area (Å²) in [6.07, 6.45) is 0.754. The largest absolute Gasteiger partial charge is 0.476 e. The zero-order valence-electron chi connectivity index (χ0n) is 13.0. The zero-order chi connectivity index (χ0) is 17.4. The molecule has 0 aliphatic rings. The molecular weight excluding hydrogens is 330 g/mol. The molecule has 24 heavy (non-hydrogen) atoms. The van der Waals surface area contributed by atoms with E-state index in [9.17, 15) is 9.59 Å². The average Bonchev–Trinajstić information content (AvgIpc) is 3.08. The molecule has 0 spiro atoms. The Morgan fingerprint density at radius 1 is 1.33 bits per heavy atom. The first-order valence-electron chi connectivity index (χ1n) is 7.45. The third-order valence-corrected chi connectivity index (χ3v) is 4.21. The van der Waals surface area contributed by atoms with Crippen LogP contribution >= 0.6 is 11.3 Å². The number of carbonyl (C=O) groups is 2. The van der Waals surface area contributed by atoms with Crippen LogP contribution in [0.3, 0.4) is 0 Å². The van der Waals surface area contributed by atoms with E-state index in [0.717, 1.165) is 5.56 Å². The Morgan fingerprint density at radius 3 is 2.75 bits per heavy atom. The minimum absolute atomic E-state index is 0.00747. The van der Waals surface area contributed by atoms with E-state index in [1.165, 1.54) is 16.7 Å². The number of nitrogens with zero attached hydrogens (tertiary/aromatic N) is 1. The molecule has 0 fully saturated rings. The molecule has 0 aliphatic heterocycles. The number of ether oxygens (including phenoxy) is 1. The molecule has 7 nitrogen and oxygen atoms in total. The molecule has 8 heteroatoms. The predicted molar refractivity (Wildman–Crippen MR) is 89.9 cm³/mol. The summed E-state index contributed by atoms with van der Waals surface area (Å²) >= 11 is 1.23. The highest BCUT2D eigenvalue weighted by Crippen LogP contribution is 2.20. The van der Waals surface area contributed by atoms with Crippen LogP contribution in [0.15, 0.2) is 35.7 Å². The molecule has 4 N–H and O–H groups in total. The van der Waals surface area contributed by atoms with Crippen LogP contribution in [0.2, 0.25) is 0 Å². The van der Waals surface area contributed by atoms with E-state index in [-0.39, 0.29) is 18.3 Å². The number of aromatic carboxylic acids is 1. The Bertz CT molecular complexity index is 675. The maximum Gasteiger partial charge on any atom is 0.407 e. The number of alkyl carbamates (subject to hydrolysis) is 1. The van der Waals surface area contributed by atoms with E-state index in [4.69, 9.17) is 15.6 Å². The van der Waals surface area contributed by atoms with E-state index in [1.54, 1.807) is 0 Å². The number of carboxylic acids is 1. The normalized spacial score (nSPS) is 11.7. The molecule has 0 unspecified atom stereocenters. The first-order chi connectivity index (χ1) is 11.6. The number of carbonyl (C=O) groups excluding carboxylic acids is 1. The molecule has 0 radical (unpaired) electrons. The van der Waals surface area contributed by atoms with Crippen molar-refractivity contribution in [1.82, 2.24) is 10.3 Å². The van der Waals surface area contributed by atoms with Gasteiger partial charge in [0.05, 0.1) is 6.04 Å². The minimum Gasteiger partial charge on any atom is -0.476 e. The monoisotopic (exact) mass is 349 g/mol. The molecule has 2 rings (SSSR count). The Kier molecular flexibility index (Phi) is 6.71. The summed E-state index contributed by atoms with van der Waals surface area (Å²) in [5.41, 5.74) is 6.90. The lowest BCUT2D eigenvalue weighted by Crippen LogP contribution is -2.26. The van der Waals surface area contributed by atoms with E-state index < -0.39 is 12.1 Å². The topological polar surface area (TPSA) is 115 Å².